The molecule has 0 aliphatic heterocycles. The predicted molar refractivity (Wildman–Crippen MR) is 83.9 cm³/mol. The smallest absolute Gasteiger partial charge is 0.122 e. The molecule has 0 spiro atoms. The third kappa shape index (κ3) is 3.29. The molecule has 2 aromatic rings. The first kappa shape index (κ1) is 13.9. The van der Waals surface area contributed by atoms with Crippen molar-refractivity contribution in [3.8, 4) is 5.75 Å². The van der Waals surface area contributed by atoms with Crippen LogP contribution in [0.2, 0.25) is 0 Å². The number of aryl methyl sites for hydroxylation is 2. The first-order chi connectivity index (χ1) is 9.11. The van der Waals surface area contributed by atoms with Gasteiger partial charge >= 0.3 is 0 Å². The summed E-state index contributed by atoms with van der Waals surface area (Å²) in [6.07, 6.45) is 0. The van der Waals surface area contributed by atoms with Crippen molar-refractivity contribution in [3.05, 3.63) is 57.6 Å². The number of rotatable bonds is 4. The molecule has 0 unspecified atom stereocenters. The van der Waals surface area contributed by atoms with Gasteiger partial charge in [-0.25, -0.2) is 0 Å². The number of hydrogen-bond acceptors (Lipinski definition) is 2. The first-order valence-corrected chi connectivity index (χ1v) is 7.06. The third-order valence-corrected chi connectivity index (χ3v) is 3.68. The Morgan fingerprint density at radius 1 is 1.11 bits per heavy atom. The van der Waals surface area contributed by atoms with Gasteiger partial charge in [-0.3, -0.25) is 0 Å². The molecule has 2 aromatic carbocycles. The summed E-state index contributed by atoms with van der Waals surface area (Å²) in [5.74, 6) is 0.925. The highest BCUT2D eigenvalue weighted by molar-refractivity contribution is 9.10. The highest BCUT2D eigenvalue weighted by Gasteiger charge is 2.06. The van der Waals surface area contributed by atoms with Crippen LogP contribution in [0, 0.1) is 13.8 Å². The van der Waals surface area contributed by atoms with Crippen molar-refractivity contribution in [2.24, 2.45) is 0 Å². The van der Waals surface area contributed by atoms with E-state index in [9.17, 15) is 0 Å². The van der Waals surface area contributed by atoms with Crippen LogP contribution in [0.4, 0.5) is 5.69 Å². The molecule has 0 bridgehead atoms. The van der Waals surface area contributed by atoms with Gasteiger partial charge in [-0.05, 0) is 49.2 Å². The van der Waals surface area contributed by atoms with E-state index in [0.29, 0.717) is 6.61 Å². The van der Waals surface area contributed by atoms with E-state index in [0.717, 1.165) is 21.5 Å². The zero-order chi connectivity index (χ0) is 13.8. The van der Waals surface area contributed by atoms with E-state index in [4.69, 9.17) is 4.74 Å². The topological polar surface area (TPSA) is 21.3 Å². The van der Waals surface area contributed by atoms with E-state index in [2.05, 4.69) is 59.4 Å². The fraction of sp³-hybridized carbons (Fsp3) is 0.250. The minimum absolute atomic E-state index is 0.575. The molecule has 0 amide bonds. The van der Waals surface area contributed by atoms with Crippen LogP contribution in [0.25, 0.3) is 0 Å². The molecule has 1 N–H and O–H groups in total. The summed E-state index contributed by atoms with van der Waals surface area (Å²) >= 11 is 3.46. The zero-order valence-corrected chi connectivity index (χ0v) is 13.0. The molecule has 2 rings (SSSR count). The Bertz CT molecular complexity index is 581. The van der Waals surface area contributed by atoms with Crippen LogP contribution in [0.1, 0.15) is 16.7 Å². The van der Waals surface area contributed by atoms with E-state index in [-0.39, 0.29) is 0 Å². The largest absolute Gasteiger partial charge is 0.489 e. The van der Waals surface area contributed by atoms with Crippen molar-refractivity contribution in [2.75, 3.05) is 12.4 Å². The molecular formula is C16H18BrNO. The minimum Gasteiger partial charge on any atom is -0.489 e. The van der Waals surface area contributed by atoms with Gasteiger partial charge in [-0.1, -0.05) is 28.1 Å². The number of anilines is 1. The average Bonchev–Trinajstić information content (AvgIpc) is 2.39. The van der Waals surface area contributed by atoms with Crippen molar-refractivity contribution >= 4 is 21.6 Å². The lowest BCUT2D eigenvalue weighted by Gasteiger charge is -2.14. The van der Waals surface area contributed by atoms with E-state index in [1.54, 1.807) is 0 Å². The second kappa shape index (κ2) is 6.11. The number of ether oxygens (including phenoxy) is 1. The molecule has 100 valence electrons. The van der Waals surface area contributed by atoms with Crippen molar-refractivity contribution < 1.29 is 4.74 Å². The van der Waals surface area contributed by atoms with Gasteiger partial charge in [0.2, 0.25) is 0 Å². The zero-order valence-electron chi connectivity index (χ0n) is 11.5. The van der Waals surface area contributed by atoms with Crippen molar-refractivity contribution in [1.82, 2.24) is 0 Å². The molecule has 0 saturated heterocycles. The lowest BCUT2D eigenvalue weighted by molar-refractivity contribution is 0.304. The van der Waals surface area contributed by atoms with Crippen LogP contribution in [0.3, 0.4) is 0 Å². The lowest BCUT2D eigenvalue weighted by atomic mass is 10.1. The Morgan fingerprint density at radius 2 is 1.89 bits per heavy atom. The van der Waals surface area contributed by atoms with Crippen LogP contribution in [-0.2, 0) is 6.61 Å². The Balaban J connectivity index is 2.19. The fourth-order valence-corrected chi connectivity index (χ4v) is 2.53. The molecule has 2 nitrogen and oxygen atoms in total. The standard InChI is InChI=1S/C16H18BrNO/c1-11-5-4-6-15(18-3)14(11)10-19-16-8-7-13(17)9-12(16)2/h4-9,18H,10H2,1-3H3. The maximum Gasteiger partial charge on any atom is 0.122 e. The lowest BCUT2D eigenvalue weighted by Crippen LogP contribution is -2.03. The van der Waals surface area contributed by atoms with Gasteiger partial charge in [0, 0.05) is 22.8 Å². The Morgan fingerprint density at radius 3 is 2.58 bits per heavy atom. The molecule has 0 radical (unpaired) electrons. The van der Waals surface area contributed by atoms with Crippen LogP contribution in [0.15, 0.2) is 40.9 Å². The summed E-state index contributed by atoms with van der Waals surface area (Å²) < 4.78 is 7.01. The quantitative estimate of drug-likeness (QED) is 0.883. The molecular weight excluding hydrogens is 302 g/mol. The normalized spacial score (nSPS) is 10.3. The van der Waals surface area contributed by atoms with Gasteiger partial charge in [0.05, 0.1) is 0 Å². The molecule has 0 atom stereocenters. The van der Waals surface area contributed by atoms with E-state index < -0.39 is 0 Å². The Labute approximate surface area is 122 Å². The summed E-state index contributed by atoms with van der Waals surface area (Å²) in [6.45, 7) is 4.73. The maximum absolute atomic E-state index is 5.94. The molecule has 3 heteroatoms. The van der Waals surface area contributed by atoms with Crippen molar-refractivity contribution in [3.63, 3.8) is 0 Å². The van der Waals surface area contributed by atoms with Crippen LogP contribution in [-0.4, -0.2) is 7.05 Å². The van der Waals surface area contributed by atoms with Gasteiger partial charge in [0.1, 0.15) is 12.4 Å². The van der Waals surface area contributed by atoms with Crippen LogP contribution >= 0.6 is 15.9 Å². The van der Waals surface area contributed by atoms with E-state index in [1.165, 1.54) is 11.1 Å². The Hall–Kier alpha value is -1.48. The number of nitrogens with one attached hydrogen (secondary N) is 1. The molecule has 0 aromatic heterocycles. The SMILES string of the molecule is CNc1cccc(C)c1COc1ccc(Br)cc1C. The molecule has 0 saturated carbocycles. The maximum atomic E-state index is 5.94. The van der Waals surface area contributed by atoms with Crippen molar-refractivity contribution in [2.45, 2.75) is 20.5 Å². The Kier molecular flexibility index (Phi) is 4.48. The summed E-state index contributed by atoms with van der Waals surface area (Å²) in [7, 11) is 1.93. The molecule has 0 aliphatic rings. The number of hydrogen-bond donors (Lipinski definition) is 1. The monoisotopic (exact) mass is 319 g/mol. The number of benzene rings is 2. The number of halogens is 1. The second-order valence-corrected chi connectivity index (χ2v) is 5.47. The molecule has 0 heterocycles. The van der Waals surface area contributed by atoms with E-state index in [1.807, 2.05) is 19.2 Å². The van der Waals surface area contributed by atoms with Gasteiger partial charge in [0.25, 0.3) is 0 Å². The van der Waals surface area contributed by atoms with Crippen molar-refractivity contribution in [1.29, 1.82) is 0 Å². The highest BCUT2D eigenvalue weighted by atomic mass is 79.9. The fourth-order valence-electron chi connectivity index (χ4n) is 2.05. The second-order valence-electron chi connectivity index (χ2n) is 4.55. The van der Waals surface area contributed by atoms with Gasteiger partial charge in [0.15, 0.2) is 0 Å². The average molecular weight is 320 g/mol. The van der Waals surface area contributed by atoms with Gasteiger partial charge in [-0.15, -0.1) is 0 Å². The van der Waals surface area contributed by atoms with E-state index >= 15 is 0 Å². The summed E-state index contributed by atoms with van der Waals surface area (Å²) in [6, 6.07) is 12.3. The summed E-state index contributed by atoms with van der Waals surface area (Å²) in [5, 5.41) is 3.21. The predicted octanol–water partition coefficient (Wildman–Crippen LogP) is 4.69. The third-order valence-electron chi connectivity index (χ3n) is 3.19. The molecule has 0 aliphatic carbocycles. The molecule has 0 fully saturated rings. The van der Waals surface area contributed by atoms with Gasteiger partial charge in [-0.2, -0.15) is 0 Å². The van der Waals surface area contributed by atoms with Gasteiger partial charge < -0.3 is 10.1 Å². The highest BCUT2D eigenvalue weighted by Crippen LogP contribution is 2.25. The summed E-state index contributed by atoms with van der Waals surface area (Å²) in [4.78, 5) is 0. The summed E-state index contributed by atoms with van der Waals surface area (Å²) in [5.41, 5.74) is 4.69. The minimum atomic E-state index is 0.575. The molecule has 19 heavy (non-hydrogen) atoms. The van der Waals surface area contributed by atoms with Crippen LogP contribution < -0.4 is 10.1 Å². The van der Waals surface area contributed by atoms with Crippen LogP contribution in [0.5, 0.6) is 5.75 Å². The first-order valence-electron chi connectivity index (χ1n) is 6.27.